The molecule has 6 nitrogen and oxygen atoms in total. The van der Waals surface area contributed by atoms with Crippen molar-refractivity contribution in [1.82, 2.24) is 9.66 Å². The zero-order valence-corrected chi connectivity index (χ0v) is 27.6. The maximum absolute atomic E-state index is 13.6. The molecule has 0 aliphatic carbocycles. The van der Waals surface area contributed by atoms with Gasteiger partial charge in [0.1, 0.15) is 12.4 Å². The second-order valence-corrected chi connectivity index (χ2v) is 12.9. The molecule has 0 aliphatic heterocycles. The van der Waals surface area contributed by atoms with Gasteiger partial charge in [0, 0.05) is 30.0 Å². The van der Waals surface area contributed by atoms with Crippen LogP contribution in [0.25, 0.3) is 10.9 Å². The van der Waals surface area contributed by atoms with E-state index in [4.69, 9.17) is 14.5 Å². The normalized spacial score (nSPS) is 11.8. The number of halogens is 3. The van der Waals surface area contributed by atoms with Crippen molar-refractivity contribution in [2.75, 3.05) is 6.61 Å². The summed E-state index contributed by atoms with van der Waals surface area (Å²) in [5.41, 5.74) is 2.66. The Labute approximate surface area is 259 Å². The number of fused-ring (bicyclic) bond motifs is 1. The first kappa shape index (κ1) is 30.2. The SMILES string of the molecule is C=CCc1cc(C=Nn2c(C(C)(C)C)nc3ccc(Br)cc3c2=O)cc(OCC)c1OCc1ccc(Br)cc1Br. The fourth-order valence-electron chi connectivity index (χ4n) is 4.15. The molecule has 208 valence electrons. The lowest BCUT2D eigenvalue weighted by atomic mass is 9.95. The minimum Gasteiger partial charge on any atom is -0.490 e. The number of nitrogens with zero attached hydrogens (tertiary/aromatic N) is 3. The average Bonchev–Trinajstić information content (AvgIpc) is 2.88. The van der Waals surface area contributed by atoms with E-state index in [1.54, 1.807) is 12.3 Å². The van der Waals surface area contributed by atoms with Crippen LogP contribution in [0, 0.1) is 0 Å². The average molecular weight is 732 g/mol. The van der Waals surface area contributed by atoms with Gasteiger partial charge < -0.3 is 9.47 Å². The molecule has 1 aromatic heterocycles. The van der Waals surface area contributed by atoms with Crippen molar-refractivity contribution in [2.24, 2.45) is 5.10 Å². The molecule has 9 heteroatoms. The van der Waals surface area contributed by atoms with E-state index in [1.165, 1.54) is 4.68 Å². The third-order valence-corrected chi connectivity index (χ3v) is 7.73. The second kappa shape index (κ2) is 12.8. The molecular formula is C31H30Br3N3O3. The molecule has 0 N–H and O–H groups in total. The van der Waals surface area contributed by atoms with Crippen LogP contribution in [0.15, 0.2) is 84.5 Å². The molecule has 0 fully saturated rings. The molecule has 0 amide bonds. The molecule has 0 atom stereocenters. The van der Waals surface area contributed by atoms with E-state index >= 15 is 0 Å². The quantitative estimate of drug-likeness (QED) is 0.128. The molecule has 0 radical (unpaired) electrons. The highest BCUT2D eigenvalue weighted by Gasteiger charge is 2.23. The van der Waals surface area contributed by atoms with Gasteiger partial charge in [-0.1, -0.05) is 80.7 Å². The van der Waals surface area contributed by atoms with Crippen molar-refractivity contribution in [3.63, 3.8) is 0 Å². The van der Waals surface area contributed by atoms with Gasteiger partial charge in [-0.05, 0) is 61.4 Å². The summed E-state index contributed by atoms with van der Waals surface area (Å²) in [6.07, 6.45) is 4.05. The van der Waals surface area contributed by atoms with Gasteiger partial charge in [-0.15, -0.1) is 6.58 Å². The number of hydrogen-bond acceptors (Lipinski definition) is 5. The predicted octanol–water partition coefficient (Wildman–Crippen LogP) is 8.57. The van der Waals surface area contributed by atoms with Crippen LogP contribution in [-0.2, 0) is 18.4 Å². The number of rotatable bonds is 9. The summed E-state index contributed by atoms with van der Waals surface area (Å²) in [5, 5.41) is 5.13. The van der Waals surface area contributed by atoms with Crippen LogP contribution in [0.3, 0.4) is 0 Å². The van der Waals surface area contributed by atoms with E-state index in [-0.39, 0.29) is 5.56 Å². The zero-order valence-electron chi connectivity index (χ0n) is 22.8. The summed E-state index contributed by atoms with van der Waals surface area (Å²) in [5.74, 6) is 1.82. The largest absolute Gasteiger partial charge is 0.490 e. The van der Waals surface area contributed by atoms with Crippen LogP contribution >= 0.6 is 47.8 Å². The molecular weight excluding hydrogens is 702 g/mol. The lowest BCUT2D eigenvalue weighted by Crippen LogP contribution is -2.29. The fraction of sp³-hybridized carbons (Fsp3) is 0.258. The topological polar surface area (TPSA) is 65.7 Å². The van der Waals surface area contributed by atoms with E-state index in [0.29, 0.717) is 47.9 Å². The minimum absolute atomic E-state index is 0.233. The zero-order chi connectivity index (χ0) is 29.0. The van der Waals surface area contributed by atoms with E-state index in [9.17, 15) is 4.79 Å². The molecule has 0 saturated heterocycles. The lowest BCUT2D eigenvalue weighted by Gasteiger charge is -2.21. The summed E-state index contributed by atoms with van der Waals surface area (Å²) in [6.45, 7) is 12.7. The Hall–Kier alpha value is -2.75. The van der Waals surface area contributed by atoms with E-state index < -0.39 is 5.41 Å². The highest BCUT2D eigenvalue weighted by Crippen LogP contribution is 2.35. The number of ether oxygens (including phenoxy) is 2. The highest BCUT2D eigenvalue weighted by atomic mass is 79.9. The van der Waals surface area contributed by atoms with Crippen LogP contribution in [0.5, 0.6) is 11.5 Å². The van der Waals surface area contributed by atoms with Crippen LogP contribution in [0.4, 0.5) is 0 Å². The first-order chi connectivity index (χ1) is 19.0. The Bertz CT molecular complexity index is 1660. The van der Waals surface area contributed by atoms with Crippen LogP contribution in [0.2, 0.25) is 0 Å². The predicted molar refractivity (Wildman–Crippen MR) is 173 cm³/mol. The van der Waals surface area contributed by atoms with Gasteiger partial charge in [0.2, 0.25) is 0 Å². The Morgan fingerprint density at radius 3 is 2.40 bits per heavy atom. The molecule has 0 spiro atoms. The summed E-state index contributed by atoms with van der Waals surface area (Å²) < 4.78 is 16.4. The molecule has 0 bridgehead atoms. The van der Waals surface area contributed by atoms with E-state index in [1.807, 2.05) is 76.2 Å². The Balaban J connectivity index is 1.78. The van der Waals surface area contributed by atoms with Gasteiger partial charge in [0.25, 0.3) is 5.56 Å². The van der Waals surface area contributed by atoms with Crippen molar-refractivity contribution in [3.8, 4) is 11.5 Å². The summed E-state index contributed by atoms with van der Waals surface area (Å²) in [4.78, 5) is 18.4. The highest BCUT2D eigenvalue weighted by molar-refractivity contribution is 9.11. The van der Waals surface area contributed by atoms with Crippen LogP contribution < -0.4 is 15.0 Å². The van der Waals surface area contributed by atoms with Crippen molar-refractivity contribution in [1.29, 1.82) is 0 Å². The van der Waals surface area contributed by atoms with E-state index in [2.05, 4.69) is 59.5 Å². The van der Waals surface area contributed by atoms with Crippen molar-refractivity contribution in [3.05, 3.63) is 107 Å². The molecule has 40 heavy (non-hydrogen) atoms. The van der Waals surface area contributed by atoms with Gasteiger partial charge in [-0.2, -0.15) is 9.78 Å². The Kier molecular flexibility index (Phi) is 9.69. The smallest absolute Gasteiger partial charge is 0.282 e. The summed E-state index contributed by atoms with van der Waals surface area (Å²) in [7, 11) is 0. The van der Waals surface area contributed by atoms with Gasteiger partial charge >= 0.3 is 0 Å². The first-order valence-corrected chi connectivity index (χ1v) is 15.1. The van der Waals surface area contributed by atoms with Gasteiger partial charge in [0.15, 0.2) is 11.5 Å². The number of allylic oxidation sites excluding steroid dienone is 1. The van der Waals surface area contributed by atoms with Crippen molar-refractivity contribution in [2.45, 2.75) is 46.1 Å². The monoisotopic (exact) mass is 729 g/mol. The lowest BCUT2D eigenvalue weighted by molar-refractivity contribution is 0.266. The molecule has 4 aromatic rings. The number of hydrogen-bond donors (Lipinski definition) is 0. The third-order valence-electron chi connectivity index (χ3n) is 6.01. The minimum atomic E-state index is -0.415. The summed E-state index contributed by atoms with van der Waals surface area (Å²) >= 11 is 10.6. The molecule has 1 heterocycles. The van der Waals surface area contributed by atoms with Crippen LogP contribution in [0.1, 0.15) is 50.2 Å². The molecule has 0 aliphatic rings. The van der Waals surface area contributed by atoms with E-state index in [0.717, 1.165) is 30.1 Å². The van der Waals surface area contributed by atoms with Crippen LogP contribution in [-0.4, -0.2) is 22.5 Å². The Morgan fingerprint density at radius 1 is 1.00 bits per heavy atom. The van der Waals surface area contributed by atoms with Gasteiger partial charge in [-0.25, -0.2) is 4.98 Å². The molecule has 0 saturated carbocycles. The molecule has 0 unspecified atom stereocenters. The van der Waals surface area contributed by atoms with Crippen molar-refractivity contribution >= 4 is 64.9 Å². The molecule has 3 aromatic carbocycles. The third kappa shape index (κ3) is 6.93. The second-order valence-electron chi connectivity index (χ2n) is 10.2. The summed E-state index contributed by atoms with van der Waals surface area (Å²) in [6, 6.07) is 15.3. The van der Waals surface area contributed by atoms with Gasteiger partial charge in [-0.3, -0.25) is 4.79 Å². The maximum atomic E-state index is 13.6. The fourth-order valence-corrected chi connectivity index (χ4v) is 5.67. The first-order valence-electron chi connectivity index (χ1n) is 12.8. The standard InChI is InChI=1S/C31H30Br3N3O3/c1-6-8-20-13-19(14-27(39-7-2)28(20)40-18-21-9-10-23(33)16-25(21)34)17-35-37-29(38)24-15-22(32)11-12-26(24)36-30(37)31(3,4)5/h6,9-17H,1,7-8,18H2,2-5H3. The van der Waals surface area contributed by atoms with Gasteiger partial charge in [0.05, 0.1) is 23.7 Å². The van der Waals surface area contributed by atoms with Crippen molar-refractivity contribution < 1.29 is 9.47 Å². The Morgan fingerprint density at radius 2 is 1.73 bits per heavy atom. The number of aromatic nitrogens is 2. The number of benzene rings is 3. The maximum Gasteiger partial charge on any atom is 0.282 e. The molecule has 4 rings (SSSR count).